The average Bonchev–Trinajstić information content (AvgIpc) is 3.06. The van der Waals surface area contributed by atoms with Gasteiger partial charge < -0.3 is 21.7 Å². The second-order valence-electron chi connectivity index (χ2n) is 10.6. The number of carboxylic acids is 1. The van der Waals surface area contributed by atoms with Crippen LogP contribution in [0.3, 0.4) is 0 Å². The molecule has 5 rings (SSSR count). The standard InChI is InChI=1S/C33H27ClN8O6S.Na/c1-17-13-26(29(16-25(17)34)49(46,47)48)40-42-32-30(35)18(2)14-27(31(32)36)41-38-22-9-5-20(6-10-22)19-3-7-21(8-4-19)37-39-23-11-12-28(43)24(15-23)33(44)45;/h3-16,43H,35-36H2,1-2H3,(H,44,45)(H,46,47,48);/q;+1. The van der Waals surface area contributed by atoms with Crippen LogP contribution in [0.25, 0.3) is 11.1 Å². The topological polar surface area (TPSA) is 238 Å². The molecule has 17 heteroatoms. The number of benzene rings is 5. The number of hydrogen-bond acceptors (Lipinski definition) is 12. The van der Waals surface area contributed by atoms with Crippen molar-refractivity contribution in [1.82, 2.24) is 0 Å². The molecule has 5 aromatic rings. The first-order valence-corrected chi connectivity index (χ1v) is 16.0. The smallest absolute Gasteiger partial charge is 0.507 e. The summed E-state index contributed by atoms with van der Waals surface area (Å²) in [5.41, 5.74) is 16.9. The van der Waals surface area contributed by atoms with Gasteiger partial charge in [0.1, 0.15) is 33.3 Å². The number of rotatable bonds is 9. The molecular formula is C33H27ClN8NaO6S+. The summed E-state index contributed by atoms with van der Waals surface area (Å²) in [4.78, 5) is 10.7. The summed E-state index contributed by atoms with van der Waals surface area (Å²) in [7, 11) is -4.66. The first-order valence-electron chi connectivity index (χ1n) is 14.2. The van der Waals surface area contributed by atoms with Crippen molar-refractivity contribution in [1.29, 1.82) is 0 Å². The molecular weight excluding hydrogens is 695 g/mol. The minimum Gasteiger partial charge on any atom is -0.507 e. The maximum atomic E-state index is 11.9. The third-order valence-corrected chi connectivity index (χ3v) is 8.46. The van der Waals surface area contributed by atoms with Crippen molar-refractivity contribution in [2.45, 2.75) is 18.7 Å². The number of aryl methyl sites for hydroxylation is 2. The van der Waals surface area contributed by atoms with Gasteiger partial charge in [-0.2, -0.15) is 23.8 Å². The molecule has 248 valence electrons. The summed E-state index contributed by atoms with van der Waals surface area (Å²) < 4.78 is 33.4. The molecule has 0 saturated heterocycles. The normalized spacial score (nSPS) is 11.8. The number of halogens is 1. The number of nitrogens with zero attached hydrogens (tertiary/aromatic N) is 6. The van der Waals surface area contributed by atoms with E-state index in [0.717, 1.165) is 17.2 Å². The number of nitrogens with two attached hydrogens (primary N) is 2. The van der Waals surface area contributed by atoms with Crippen LogP contribution in [0.5, 0.6) is 5.75 Å². The average molecular weight is 722 g/mol. The SMILES string of the molecule is Cc1cc(N=Nc2c(N)c(C)cc(N=Nc3ccc(-c4ccc(N=Nc5ccc(O)c(C(=O)O)c5)cc4)cc3)c2N)c(S(=O)(=O)O)cc1Cl.[Na+]. The molecule has 0 aliphatic heterocycles. The molecule has 0 amide bonds. The van der Waals surface area contributed by atoms with Gasteiger partial charge in [-0.05, 0) is 96.8 Å². The number of aromatic hydroxyl groups is 1. The minimum absolute atomic E-state index is 0. The van der Waals surface area contributed by atoms with Gasteiger partial charge in [0.15, 0.2) is 0 Å². The summed E-state index contributed by atoms with van der Waals surface area (Å²) >= 11 is 6.04. The van der Waals surface area contributed by atoms with Crippen LogP contribution < -0.4 is 41.0 Å². The summed E-state index contributed by atoms with van der Waals surface area (Å²) in [5.74, 6) is -1.62. The quantitative estimate of drug-likeness (QED) is 0.0474. The molecule has 0 unspecified atom stereocenters. The number of carbonyl (C=O) groups is 1. The monoisotopic (exact) mass is 721 g/mol. The van der Waals surface area contributed by atoms with Crippen LogP contribution in [0.4, 0.5) is 45.5 Å². The van der Waals surface area contributed by atoms with Gasteiger partial charge in [-0.15, -0.1) is 15.3 Å². The van der Waals surface area contributed by atoms with E-state index in [1.165, 1.54) is 24.3 Å². The molecule has 0 aromatic heterocycles. The molecule has 0 spiro atoms. The van der Waals surface area contributed by atoms with Crippen molar-refractivity contribution in [2.24, 2.45) is 30.7 Å². The van der Waals surface area contributed by atoms with Crippen LogP contribution in [0.1, 0.15) is 21.5 Å². The third-order valence-electron chi connectivity index (χ3n) is 7.17. The summed E-state index contributed by atoms with van der Waals surface area (Å²) in [6.45, 7) is 3.36. The van der Waals surface area contributed by atoms with E-state index in [0.29, 0.717) is 22.5 Å². The van der Waals surface area contributed by atoms with Gasteiger partial charge in [0.2, 0.25) is 0 Å². The Kier molecular flexibility index (Phi) is 11.8. The minimum atomic E-state index is -4.66. The molecule has 5 aromatic carbocycles. The molecule has 50 heavy (non-hydrogen) atoms. The summed E-state index contributed by atoms with van der Waals surface area (Å²) in [6, 6.07) is 22.4. The Bertz CT molecular complexity index is 2300. The molecule has 14 nitrogen and oxygen atoms in total. The van der Waals surface area contributed by atoms with Crippen LogP contribution in [0.2, 0.25) is 5.02 Å². The summed E-state index contributed by atoms with van der Waals surface area (Å²) in [6.07, 6.45) is 0. The zero-order chi connectivity index (χ0) is 35.5. The van der Waals surface area contributed by atoms with Crippen molar-refractivity contribution in [3.8, 4) is 16.9 Å². The van der Waals surface area contributed by atoms with Crippen LogP contribution in [-0.4, -0.2) is 29.2 Å². The first kappa shape index (κ1) is 37.8. The zero-order valence-electron chi connectivity index (χ0n) is 26.8. The molecule has 7 N–H and O–H groups in total. The van der Waals surface area contributed by atoms with E-state index in [2.05, 4.69) is 30.7 Å². The summed E-state index contributed by atoms with van der Waals surface area (Å²) in [5, 5.41) is 43.8. The molecule has 0 heterocycles. The van der Waals surface area contributed by atoms with Crippen LogP contribution in [0.15, 0.2) is 121 Å². The van der Waals surface area contributed by atoms with Gasteiger partial charge in [-0.3, -0.25) is 4.55 Å². The van der Waals surface area contributed by atoms with Gasteiger partial charge >= 0.3 is 35.5 Å². The maximum Gasteiger partial charge on any atom is 1.00 e. The molecule has 0 saturated carbocycles. The Hall–Kier alpha value is -5.03. The van der Waals surface area contributed by atoms with Crippen molar-refractivity contribution >= 4 is 73.2 Å². The van der Waals surface area contributed by atoms with E-state index in [4.69, 9.17) is 28.2 Å². The molecule has 0 aliphatic rings. The Balaban J connectivity index is 0.00000562. The predicted octanol–water partition coefficient (Wildman–Crippen LogP) is 6.69. The molecule has 0 atom stereocenters. The van der Waals surface area contributed by atoms with Crippen molar-refractivity contribution in [3.05, 3.63) is 107 Å². The fraction of sp³-hybridized carbons (Fsp3) is 0.0606. The molecule has 0 aliphatic carbocycles. The maximum absolute atomic E-state index is 11.9. The van der Waals surface area contributed by atoms with E-state index in [1.54, 1.807) is 44.2 Å². The van der Waals surface area contributed by atoms with E-state index < -0.39 is 21.0 Å². The number of phenols is 1. The fourth-order valence-electron chi connectivity index (χ4n) is 4.47. The second kappa shape index (κ2) is 15.7. The number of carboxylic acid groups (broad SMARTS) is 1. The number of nitrogen functional groups attached to an aromatic ring is 2. The van der Waals surface area contributed by atoms with E-state index in [9.17, 15) is 22.9 Å². The van der Waals surface area contributed by atoms with Gasteiger partial charge in [0.05, 0.1) is 28.4 Å². The second-order valence-corrected chi connectivity index (χ2v) is 12.4. The van der Waals surface area contributed by atoms with Gasteiger partial charge in [0.25, 0.3) is 10.1 Å². The zero-order valence-corrected chi connectivity index (χ0v) is 30.3. The van der Waals surface area contributed by atoms with E-state index in [-0.39, 0.29) is 80.0 Å². The van der Waals surface area contributed by atoms with Crippen molar-refractivity contribution in [3.63, 3.8) is 0 Å². The number of aromatic carboxylic acids is 1. The number of anilines is 2. The van der Waals surface area contributed by atoms with Crippen LogP contribution in [-0.2, 0) is 10.1 Å². The Morgan fingerprint density at radius 2 is 1.18 bits per heavy atom. The number of hydrogen-bond donors (Lipinski definition) is 5. The Morgan fingerprint density at radius 3 is 1.74 bits per heavy atom. The third kappa shape index (κ3) is 8.76. The van der Waals surface area contributed by atoms with Gasteiger partial charge in [-0.1, -0.05) is 35.9 Å². The molecule has 0 bridgehead atoms. The predicted molar refractivity (Wildman–Crippen MR) is 185 cm³/mol. The molecule has 0 radical (unpaired) electrons. The fourth-order valence-corrected chi connectivity index (χ4v) is 5.33. The van der Waals surface area contributed by atoms with Crippen molar-refractivity contribution < 1.29 is 57.5 Å². The van der Waals surface area contributed by atoms with Gasteiger partial charge in [-0.25, -0.2) is 4.79 Å². The van der Waals surface area contributed by atoms with Crippen LogP contribution in [0, 0.1) is 13.8 Å². The van der Waals surface area contributed by atoms with E-state index in [1.807, 2.05) is 24.3 Å². The van der Waals surface area contributed by atoms with E-state index >= 15 is 0 Å². The Labute approximate surface area is 313 Å². The largest absolute Gasteiger partial charge is 1.00 e. The Morgan fingerprint density at radius 1 is 0.680 bits per heavy atom. The first-order chi connectivity index (χ1) is 23.2. The molecule has 0 fully saturated rings. The van der Waals surface area contributed by atoms with Crippen LogP contribution >= 0.6 is 11.6 Å². The van der Waals surface area contributed by atoms with Crippen molar-refractivity contribution in [2.75, 3.05) is 11.5 Å². The number of azo groups is 3. The van der Waals surface area contributed by atoms with Gasteiger partial charge in [0, 0.05) is 5.02 Å².